The Hall–Kier alpha value is -3.22. The highest BCUT2D eigenvalue weighted by Gasteiger charge is 2.20. The van der Waals surface area contributed by atoms with Crippen molar-refractivity contribution in [2.24, 2.45) is 0 Å². The van der Waals surface area contributed by atoms with Crippen LogP contribution >= 0.6 is 0 Å². The molecular formula is C17H16N2O5. The Morgan fingerprint density at radius 3 is 2.54 bits per heavy atom. The fourth-order valence-electron chi connectivity index (χ4n) is 2.02. The summed E-state index contributed by atoms with van der Waals surface area (Å²) in [5.41, 5.74) is 1.24. The van der Waals surface area contributed by atoms with Crippen LogP contribution in [-0.4, -0.2) is 22.9 Å². The quantitative estimate of drug-likeness (QED) is 0.516. The molecule has 0 saturated carbocycles. The fraction of sp³-hybridized carbons (Fsp3) is 0.176. The number of rotatable bonds is 5. The molecule has 7 nitrogen and oxygen atoms in total. The molecule has 0 aliphatic heterocycles. The van der Waals surface area contributed by atoms with E-state index in [4.69, 9.17) is 4.74 Å². The molecule has 24 heavy (non-hydrogen) atoms. The first-order valence-electron chi connectivity index (χ1n) is 7.20. The van der Waals surface area contributed by atoms with Gasteiger partial charge in [-0.05, 0) is 31.5 Å². The van der Waals surface area contributed by atoms with Crippen molar-refractivity contribution in [1.82, 2.24) is 0 Å². The first kappa shape index (κ1) is 17.1. The second-order valence-electron chi connectivity index (χ2n) is 5.16. The van der Waals surface area contributed by atoms with Gasteiger partial charge in [-0.1, -0.05) is 24.3 Å². The highest BCUT2D eigenvalue weighted by molar-refractivity contribution is 5.97. The van der Waals surface area contributed by atoms with Crippen molar-refractivity contribution in [3.63, 3.8) is 0 Å². The lowest BCUT2D eigenvalue weighted by Crippen LogP contribution is -2.30. The number of carbonyl (C=O) groups is 2. The lowest BCUT2D eigenvalue weighted by atomic mass is 10.1. The molecule has 2 rings (SSSR count). The molecule has 0 heterocycles. The number of nitrogens with one attached hydrogen (secondary N) is 1. The maximum atomic E-state index is 12.1. The SMILES string of the molecule is Cc1ccccc1C(=O)O[C@H](C)C(=O)Nc1cccc([N+](=O)[O-])c1. The van der Waals surface area contributed by atoms with E-state index >= 15 is 0 Å². The van der Waals surface area contributed by atoms with Crippen molar-refractivity contribution < 1.29 is 19.2 Å². The van der Waals surface area contributed by atoms with Crippen LogP contribution in [0.25, 0.3) is 0 Å². The number of hydrogen-bond donors (Lipinski definition) is 1. The maximum absolute atomic E-state index is 12.1. The molecule has 1 atom stereocenters. The second kappa shape index (κ2) is 7.36. The van der Waals surface area contributed by atoms with E-state index < -0.39 is 22.9 Å². The number of aryl methyl sites for hydroxylation is 1. The van der Waals surface area contributed by atoms with Crippen LogP contribution < -0.4 is 5.32 Å². The number of nitro groups is 1. The van der Waals surface area contributed by atoms with Gasteiger partial charge in [0.15, 0.2) is 6.10 Å². The van der Waals surface area contributed by atoms with Gasteiger partial charge in [0.2, 0.25) is 0 Å². The highest BCUT2D eigenvalue weighted by Crippen LogP contribution is 2.17. The van der Waals surface area contributed by atoms with Crippen molar-refractivity contribution in [2.75, 3.05) is 5.32 Å². The summed E-state index contributed by atoms with van der Waals surface area (Å²) in [7, 11) is 0. The zero-order chi connectivity index (χ0) is 17.7. The van der Waals surface area contributed by atoms with Gasteiger partial charge in [-0.15, -0.1) is 0 Å². The smallest absolute Gasteiger partial charge is 0.339 e. The first-order valence-corrected chi connectivity index (χ1v) is 7.20. The third-order valence-electron chi connectivity index (χ3n) is 3.34. The third kappa shape index (κ3) is 4.16. The number of anilines is 1. The van der Waals surface area contributed by atoms with Gasteiger partial charge in [0, 0.05) is 17.8 Å². The minimum atomic E-state index is -1.05. The standard InChI is InChI=1S/C17H16N2O5/c1-11-6-3-4-9-15(11)17(21)24-12(2)16(20)18-13-7-5-8-14(10-13)19(22)23/h3-10,12H,1-2H3,(H,18,20)/t12-/m1/s1. The molecule has 0 fully saturated rings. The number of amides is 1. The minimum absolute atomic E-state index is 0.141. The summed E-state index contributed by atoms with van der Waals surface area (Å²) in [6, 6.07) is 12.4. The summed E-state index contributed by atoms with van der Waals surface area (Å²) < 4.78 is 5.14. The van der Waals surface area contributed by atoms with Gasteiger partial charge in [-0.2, -0.15) is 0 Å². The Kier molecular flexibility index (Phi) is 5.26. The lowest BCUT2D eigenvalue weighted by Gasteiger charge is -2.14. The third-order valence-corrected chi connectivity index (χ3v) is 3.34. The second-order valence-corrected chi connectivity index (χ2v) is 5.16. The molecule has 1 N–H and O–H groups in total. The van der Waals surface area contributed by atoms with Crippen LogP contribution in [0, 0.1) is 17.0 Å². The Morgan fingerprint density at radius 1 is 1.17 bits per heavy atom. The summed E-state index contributed by atoms with van der Waals surface area (Å²) in [5, 5.41) is 13.2. The van der Waals surface area contributed by atoms with E-state index in [1.165, 1.54) is 31.2 Å². The number of nitro benzene ring substituents is 1. The van der Waals surface area contributed by atoms with Crippen LogP contribution in [0.1, 0.15) is 22.8 Å². The molecule has 2 aromatic carbocycles. The Labute approximate surface area is 138 Å². The van der Waals surface area contributed by atoms with Crippen LogP contribution in [0.15, 0.2) is 48.5 Å². The summed E-state index contributed by atoms with van der Waals surface area (Å²) in [6.07, 6.45) is -1.05. The molecule has 0 aromatic heterocycles. The van der Waals surface area contributed by atoms with Crippen LogP contribution in [0.2, 0.25) is 0 Å². The minimum Gasteiger partial charge on any atom is -0.449 e. The van der Waals surface area contributed by atoms with E-state index in [0.717, 1.165) is 5.56 Å². The lowest BCUT2D eigenvalue weighted by molar-refractivity contribution is -0.384. The molecule has 2 aromatic rings. The molecule has 0 unspecified atom stereocenters. The van der Waals surface area contributed by atoms with Crippen molar-refractivity contribution in [1.29, 1.82) is 0 Å². The van der Waals surface area contributed by atoms with Crippen LogP contribution in [0.5, 0.6) is 0 Å². The number of nitrogens with zero attached hydrogens (tertiary/aromatic N) is 1. The highest BCUT2D eigenvalue weighted by atomic mass is 16.6. The first-order chi connectivity index (χ1) is 11.4. The number of ether oxygens (including phenoxy) is 1. The average molecular weight is 328 g/mol. The number of esters is 1. The Balaban J connectivity index is 2.02. The summed E-state index contributed by atoms with van der Waals surface area (Å²) in [6.45, 7) is 3.20. The van der Waals surface area contributed by atoms with E-state index in [1.54, 1.807) is 31.2 Å². The molecule has 0 aliphatic carbocycles. The molecule has 0 bridgehead atoms. The largest absolute Gasteiger partial charge is 0.449 e. The number of carbonyl (C=O) groups excluding carboxylic acids is 2. The van der Waals surface area contributed by atoms with E-state index in [9.17, 15) is 19.7 Å². The van der Waals surface area contributed by atoms with Crippen molar-refractivity contribution in [3.05, 3.63) is 69.8 Å². The Bertz CT molecular complexity index is 788. The van der Waals surface area contributed by atoms with E-state index in [1.807, 2.05) is 0 Å². The zero-order valence-electron chi connectivity index (χ0n) is 13.2. The topological polar surface area (TPSA) is 98.5 Å². The monoisotopic (exact) mass is 328 g/mol. The van der Waals surface area contributed by atoms with Gasteiger partial charge in [0.25, 0.3) is 11.6 Å². The molecule has 0 aliphatic rings. The van der Waals surface area contributed by atoms with E-state index in [-0.39, 0.29) is 11.4 Å². The van der Waals surface area contributed by atoms with Crippen molar-refractivity contribution >= 4 is 23.3 Å². The van der Waals surface area contributed by atoms with E-state index in [0.29, 0.717) is 5.56 Å². The van der Waals surface area contributed by atoms with E-state index in [2.05, 4.69) is 5.32 Å². The normalized spacial score (nSPS) is 11.4. The van der Waals surface area contributed by atoms with Gasteiger partial charge in [-0.3, -0.25) is 14.9 Å². The molecule has 1 amide bonds. The molecule has 0 saturated heterocycles. The number of benzene rings is 2. The van der Waals surface area contributed by atoms with Crippen LogP contribution in [-0.2, 0) is 9.53 Å². The average Bonchev–Trinajstić information content (AvgIpc) is 2.55. The van der Waals surface area contributed by atoms with Gasteiger partial charge >= 0.3 is 5.97 Å². The molecule has 7 heteroatoms. The molecular weight excluding hydrogens is 312 g/mol. The summed E-state index contributed by atoms with van der Waals surface area (Å²) in [4.78, 5) is 34.3. The van der Waals surface area contributed by atoms with Gasteiger partial charge in [0.05, 0.1) is 10.5 Å². The summed E-state index contributed by atoms with van der Waals surface area (Å²) in [5.74, 6) is -1.17. The van der Waals surface area contributed by atoms with Crippen molar-refractivity contribution in [2.45, 2.75) is 20.0 Å². The zero-order valence-corrected chi connectivity index (χ0v) is 13.2. The summed E-state index contributed by atoms with van der Waals surface area (Å²) >= 11 is 0. The molecule has 124 valence electrons. The van der Waals surface area contributed by atoms with Gasteiger partial charge in [0.1, 0.15) is 0 Å². The predicted octanol–water partition coefficient (Wildman–Crippen LogP) is 3.09. The molecule has 0 spiro atoms. The van der Waals surface area contributed by atoms with Gasteiger partial charge in [-0.25, -0.2) is 4.79 Å². The van der Waals surface area contributed by atoms with Gasteiger partial charge < -0.3 is 10.1 Å². The molecule has 0 radical (unpaired) electrons. The number of non-ortho nitro benzene ring substituents is 1. The van der Waals surface area contributed by atoms with Crippen LogP contribution in [0.4, 0.5) is 11.4 Å². The Morgan fingerprint density at radius 2 is 1.88 bits per heavy atom. The van der Waals surface area contributed by atoms with Crippen LogP contribution in [0.3, 0.4) is 0 Å². The predicted molar refractivity (Wildman–Crippen MR) is 87.8 cm³/mol. The fourth-order valence-corrected chi connectivity index (χ4v) is 2.02. The van der Waals surface area contributed by atoms with Crippen molar-refractivity contribution in [3.8, 4) is 0 Å². The number of hydrogen-bond acceptors (Lipinski definition) is 5. The maximum Gasteiger partial charge on any atom is 0.339 e.